The lowest BCUT2D eigenvalue weighted by Crippen LogP contribution is -2.41. The Morgan fingerprint density at radius 1 is 1.14 bits per heavy atom. The third-order valence-corrected chi connectivity index (χ3v) is 4.76. The van der Waals surface area contributed by atoms with Crippen LogP contribution >= 0.6 is 7.60 Å². The predicted octanol–water partition coefficient (Wildman–Crippen LogP) is 1.69. The van der Waals surface area contributed by atoms with E-state index >= 15 is 0 Å². The van der Waals surface area contributed by atoms with Gasteiger partial charge in [0.05, 0.1) is 19.8 Å². The standard InChI is InChI=1S/C11H20F2NO6P/c1-4-18-9(15)8(7-11(12,13)10(14)16)21(17,19-5-2)20-6-3/h8H,4-7H2,1-3H3,(H2,14,16). The summed E-state index contributed by atoms with van der Waals surface area (Å²) in [4.78, 5) is 22.5. The number of ether oxygens (including phenoxy) is 1. The van der Waals surface area contributed by atoms with Gasteiger partial charge in [0.2, 0.25) is 0 Å². The van der Waals surface area contributed by atoms with Crippen LogP contribution in [0.1, 0.15) is 27.2 Å². The average Bonchev–Trinajstić information content (AvgIpc) is 2.36. The summed E-state index contributed by atoms with van der Waals surface area (Å²) in [6, 6.07) is 0. The molecule has 0 saturated heterocycles. The molecule has 7 nitrogen and oxygen atoms in total. The van der Waals surface area contributed by atoms with E-state index in [2.05, 4.69) is 10.5 Å². The zero-order valence-electron chi connectivity index (χ0n) is 12.1. The van der Waals surface area contributed by atoms with E-state index in [1.165, 1.54) is 20.8 Å². The van der Waals surface area contributed by atoms with Crippen LogP contribution < -0.4 is 5.73 Å². The number of esters is 1. The summed E-state index contributed by atoms with van der Waals surface area (Å²) in [6.45, 7) is 3.99. The Labute approximate surface area is 121 Å². The van der Waals surface area contributed by atoms with E-state index in [9.17, 15) is 22.9 Å². The predicted molar refractivity (Wildman–Crippen MR) is 70.0 cm³/mol. The van der Waals surface area contributed by atoms with Crippen molar-refractivity contribution in [2.24, 2.45) is 5.73 Å². The Hall–Kier alpha value is -1.05. The summed E-state index contributed by atoms with van der Waals surface area (Å²) in [6.07, 6.45) is -1.40. The molecule has 0 aliphatic rings. The number of rotatable bonds is 10. The minimum atomic E-state index is -4.21. The van der Waals surface area contributed by atoms with Crippen LogP contribution in [-0.2, 0) is 27.9 Å². The quantitative estimate of drug-likeness (QED) is 0.482. The number of alkyl halides is 2. The lowest BCUT2D eigenvalue weighted by molar-refractivity contribution is -0.149. The molecule has 0 bridgehead atoms. The normalized spacial score (nSPS) is 13.8. The van der Waals surface area contributed by atoms with Gasteiger partial charge in [0.15, 0.2) is 5.66 Å². The van der Waals surface area contributed by atoms with E-state index in [4.69, 9.17) is 9.05 Å². The van der Waals surface area contributed by atoms with E-state index in [0.717, 1.165) is 0 Å². The fraction of sp³-hybridized carbons (Fsp3) is 0.818. The van der Waals surface area contributed by atoms with E-state index in [0.29, 0.717) is 0 Å². The monoisotopic (exact) mass is 331 g/mol. The SMILES string of the molecule is CCOC(=O)C(CC(F)(F)C(N)=O)P(=O)(OCC)OCC. The first-order valence-corrected chi connectivity index (χ1v) is 7.98. The molecule has 21 heavy (non-hydrogen) atoms. The third-order valence-electron chi connectivity index (χ3n) is 2.37. The minimum absolute atomic E-state index is 0.115. The number of carbonyl (C=O) groups is 2. The number of hydrogen-bond donors (Lipinski definition) is 1. The van der Waals surface area contributed by atoms with Crippen LogP contribution in [0.4, 0.5) is 8.78 Å². The Bertz CT molecular complexity index is 408. The maximum atomic E-state index is 13.5. The van der Waals surface area contributed by atoms with E-state index in [1.54, 1.807) is 0 Å². The van der Waals surface area contributed by atoms with Crippen molar-refractivity contribution in [3.05, 3.63) is 0 Å². The van der Waals surface area contributed by atoms with Crippen molar-refractivity contribution in [3.8, 4) is 0 Å². The first-order chi connectivity index (χ1) is 9.64. The molecule has 0 radical (unpaired) electrons. The molecule has 0 aromatic heterocycles. The number of carbonyl (C=O) groups excluding carboxylic acids is 2. The van der Waals surface area contributed by atoms with Crippen LogP contribution in [0.3, 0.4) is 0 Å². The first-order valence-electron chi connectivity index (χ1n) is 6.37. The van der Waals surface area contributed by atoms with Gasteiger partial charge in [-0.15, -0.1) is 0 Å². The third kappa shape index (κ3) is 5.68. The van der Waals surface area contributed by atoms with Crippen LogP contribution in [0.15, 0.2) is 0 Å². The molecule has 0 heterocycles. The fourth-order valence-corrected chi connectivity index (χ4v) is 3.42. The van der Waals surface area contributed by atoms with Gasteiger partial charge in [0.1, 0.15) is 0 Å². The fourth-order valence-electron chi connectivity index (χ4n) is 1.48. The molecule has 1 unspecified atom stereocenters. The Morgan fingerprint density at radius 2 is 1.62 bits per heavy atom. The van der Waals surface area contributed by atoms with E-state index < -0.39 is 37.5 Å². The lowest BCUT2D eigenvalue weighted by Gasteiger charge is -2.26. The van der Waals surface area contributed by atoms with Gasteiger partial charge in [0.25, 0.3) is 5.91 Å². The zero-order chi connectivity index (χ0) is 16.7. The second kappa shape index (κ2) is 8.41. The van der Waals surface area contributed by atoms with Crippen LogP contribution in [0, 0.1) is 0 Å². The summed E-state index contributed by atoms with van der Waals surface area (Å²) in [7, 11) is -4.21. The summed E-state index contributed by atoms with van der Waals surface area (Å²) in [5.41, 5.74) is 2.64. The summed E-state index contributed by atoms with van der Waals surface area (Å²) >= 11 is 0. The number of nitrogens with two attached hydrogens (primary N) is 1. The van der Waals surface area contributed by atoms with Crippen molar-refractivity contribution in [2.45, 2.75) is 38.8 Å². The summed E-state index contributed by atoms with van der Waals surface area (Å²) in [5.74, 6) is -7.17. The molecule has 0 aromatic carbocycles. The number of primary amides is 1. The molecule has 0 saturated carbocycles. The molecule has 0 fully saturated rings. The molecule has 0 spiro atoms. The van der Waals surface area contributed by atoms with Crippen LogP contribution in [0.5, 0.6) is 0 Å². The Morgan fingerprint density at radius 3 is 1.95 bits per heavy atom. The maximum Gasteiger partial charge on any atom is 0.345 e. The highest BCUT2D eigenvalue weighted by molar-refractivity contribution is 7.55. The van der Waals surface area contributed by atoms with Crippen molar-refractivity contribution < 1.29 is 36.7 Å². The molecule has 124 valence electrons. The highest BCUT2D eigenvalue weighted by Crippen LogP contribution is 2.56. The highest BCUT2D eigenvalue weighted by atomic mass is 31.2. The number of hydrogen-bond acceptors (Lipinski definition) is 6. The molecule has 0 aliphatic carbocycles. The van der Waals surface area contributed by atoms with E-state index in [-0.39, 0.29) is 19.8 Å². The highest BCUT2D eigenvalue weighted by Gasteiger charge is 2.51. The number of halogens is 2. The smallest absolute Gasteiger partial charge is 0.345 e. The summed E-state index contributed by atoms with van der Waals surface area (Å²) in [5, 5.41) is 0. The van der Waals surface area contributed by atoms with Gasteiger partial charge in [-0.25, -0.2) is 0 Å². The lowest BCUT2D eigenvalue weighted by atomic mass is 10.1. The van der Waals surface area contributed by atoms with Crippen molar-refractivity contribution in [1.29, 1.82) is 0 Å². The first kappa shape index (κ1) is 19.9. The minimum Gasteiger partial charge on any atom is -0.465 e. The van der Waals surface area contributed by atoms with Crippen LogP contribution in [-0.4, -0.2) is 43.3 Å². The van der Waals surface area contributed by atoms with E-state index in [1.807, 2.05) is 0 Å². The summed E-state index contributed by atoms with van der Waals surface area (Å²) < 4.78 is 53.8. The van der Waals surface area contributed by atoms with Gasteiger partial charge in [-0.3, -0.25) is 14.2 Å². The van der Waals surface area contributed by atoms with Crippen LogP contribution in [0.2, 0.25) is 0 Å². The average molecular weight is 331 g/mol. The molecule has 1 atom stereocenters. The van der Waals surface area contributed by atoms with Crippen molar-refractivity contribution in [1.82, 2.24) is 0 Å². The Balaban J connectivity index is 5.53. The zero-order valence-corrected chi connectivity index (χ0v) is 13.0. The molecule has 10 heteroatoms. The molecule has 0 aliphatic heterocycles. The molecular formula is C11H20F2NO6P. The van der Waals surface area contributed by atoms with Gasteiger partial charge in [-0.1, -0.05) is 0 Å². The topological polar surface area (TPSA) is 105 Å². The maximum absolute atomic E-state index is 13.5. The second-order valence-corrected chi connectivity index (χ2v) is 6.14. The molecular weight excluding hydrogens is 311 g/mol. The van der Waals surface area contributed by atoms with Crippen molar-refractivity contribution in [3.63, 3.8) is 0 Å². The van der Waals surface area contributed by atoms with Gasteiger partial charge < -0.3 is 19.5 Å². The molecule has 1 amide bonds. The van der Waals surface area contributed by atoms with Gasteiger partial charge >= 0.3 is 19.5 Å². The molecule has 2 N–H and O–H groups in total. The van der Waals surface area contributed by atoms with Crippen molar-refractivity contribution >= 4 is 19.5 Å². The van der Waals surface area contributed by atoms with Crippen molar-refractivity contribution in [2.75, 3.05) is 19.8 Å². The largest absolute Gasteiger partial charge is 0.465 e. The molecule has 0 aromatic rings. The second-order valence-electron chi connectivity index (χ2n) is 3.92. The number of amides is 1. The molecule has 0 rings (SSSR count). The van der Waals surface area contributed by atoms with Gasteiger partial charge in [0, 0.05) is 6.42 Å². The van der Waals surface area contributed by atoms with Gasteiger partial charge in [-0.2, -0.15) is 8.78 Å². The Kier molecular flexibility index (Phi) is 7.99. The van der Waals surface area contributed by atoms with Crippen LogP contribution in [0.25, 0.3) is 0 Å². The van der Waals surface area contributed by atoms with Gasteiger partial charge in [-0.05, 0) is 20.8 Å².